The molecule has 0 aliphatic carbocycles. The Labute approximate surface area is 236 Å². The Kier molecular flexibility index (Phi) is 8.31. The van der Waals surface area contributed by atoms with Crippen molar-refractivity contribution in [2.45, 2.75) is 43.8 Å². The van der Waals surface area contributed by atoms with Gasteiger partial charge in [-0.1, -0.05) is 72.8 Å². The normalized spacial score (nSPS) is 23.8. The van der Waals surface area contributed by atoms with E-state index in [-0.39, 0.29) is 26.4 Å². The maximum absolute atomic E-state index is 13.8. The van der Waals surface area contributed by atoms with Gasteiger partial charge in [0.2, 0.25) is 0 Å². The molecule has 2 aliphatic rings. The number of carbonyl (C=O) groups is 3. The summed E-state index contributed by atoms with van der Waals surface area (Å²) in [6.45, 7) is -0.473. The van der Waals surface area contributed by atoms with Gasteiger partial charge in [0.25, 0.3) is 11.6 Å². The minimum absolute atomic E-state index is 0.176. The Balaban J connectivity index is 1.40. The van der Waals surface area contributed by atoms with Crippen molar-refractivity contribution < 1.29 is 43.5 Å². The molecule has 0 bridgehead atoms. The van der Waals surface area contributed by atoms with Gasteiger partial charge in [0.1, 0.15) is 30.7 Å². The average Bonchev–Trinajstić information content (AvgIpc) is 3.37. The van der Waals surface area contributed by atoms with E-state index in [1.54, 1.807) is 54.6 Å². The minimum Gasteiger partial charge on any atom is -0.497 e. The second kappa shape index (κ2) is 12.1. The summed E-state index contributed by atoms with van der Waals surface area (Å²) in [5.74, 6) is -0.432. The van der Waals surface area contributed by atoms with E-state index in [0.29, 0.717) is 21.8 Å². The molecule has 214 valence electrons. The zero-order chi connectivity index (χ0) is 29.0. The molecule has 41 heavy (non-hydrogen) atoms. The molecular formula is C30H30N2O9. The molecule has 1 spiro atoms. The molecule has 5 rings (SSSR count). The van der Waals surface area contributed by atoms with Crippen molar-refractivity contribution in [3.8, 4) is 5.75 Å². The number of aliphatic hydroxyl groups excluding tert-OH is 2. The summed E-state index contributed by atoms with van der Waals surface area (Å²) in [7, 11) is 1.51. The fourth-order valence-corrected chi connectivity index (χ4v) is 4.86. The second-order valence-corrected chi connectivity index (χ2v) is 9.69. The highest BCUT2D eigenvalue weighted by Gasteiger charge is 2.72. The fourth-order valence-electron chi connectivity index (χ4n) is 4.86. The van der Waals surface area contributed by atoms with Crippen molar-refractivity contribution in [3.05, 3.63) is 102 Å². The number of amides is 4. The lowest BCUT2D eigenvalue weighted by molar-refractivity contribution is -0.177. The van der Waals surface area contributed by atoms with Crippen LogP contribution in [0.2, 0.25) is 0 Å². The van der Waals surface area contributed by atoms with E-state index in [1.807, 2.05) is 30.3 Å². The van der Waals surface area contributed by atoms with Crippen LogP contribution in [0.5, 0.6) is 5.75 Å². The lowest BCUT2D eigenvalue weighted by Gasteiger charge is -2.31. The van der Waals surface area contributed by atoms with Gasteiger partial charge >= 0.3 is 12.1 Å². The number of aliphatic hydroxyl groups is 2. The summed E-state index contributed by atoms with van der Waals surface area (Å²) in [5.41, 5.74) is -0.488. The number of hydrogen-bond acceptors (Lipinski definition) is 9. The number of nitrogens with zero attached hydrogens (tertiary/aromatic N) is 2. The molecule has 0 saturated carbocycles. The Hall–Kier alpha value is -4.29. The molecule has 1 unspecified atom stereocenters. The zero-order valence-corrected chi connectivity index (χ0v) is 22.3. The van der Waals surface area contributed by atoms with Gasteiger partial charge in [0, 0.05) is 0 Å². The van der Waals surface area contributed by atoms with Crippen molar-refractivity contribution in [3.63, 3.8) is 0 Å². The standard InChI is InChI=1S/C30H30N2O9/c1-38-23-14-12-20(13-15-23)16-31-27(35)30(32(28(31)36)29(37)40-18-22-10-6-3-7-11-22)26(34)25(33)24(41-30)19-39-17-21-8-4-2-5-9-21/h2-15,24-26,33-34H,16-19H2,1H3/t24?,25-,26-,30+/m1/s1. The number of hydrogen-bond donors (Lipinski definition) is 2. The summed E-state index contributed by atoms with van der Waals surface area (Å²) >= 11 is 0. The maximum atomic E-state index is 13.8. The van der Waals surface area contributed by atoms with Gasteiger partial charge in [0.05, 0.1) is 26.9 Å². The predicted molar refractivity (Wildman–Crippen MR) is 143 cm³/mol. The summed E-state index contributed by atoms with van der Waals surface area (Å²) in [6.07, 6.45) is -6.04. The highest BCUT2D eigenvalue weighted by molar-refractivity contribution is 6.12. The topological polar surface area (TPSA) is 135 Å². The van der Waals surface area contributed by atoms with Gasteiger partial charge in [-0.2, -0.15) is 4.90 Å². The van der Waals surface area contributed by atoms with Gasteiger partial charge in [-0.05, 0) is 28.8 Å². The van der Waals surface area contributed by atoms with Crippen LogP contribution in [0, 0.1) is 0 Å². The van der Waals surface area contributed by atoms with Crippen LogP contribution in [0.15, 0.2) is 84.9 Å². The minimum atomic E-state index is -2.54. The van der Waals surface area contributed by atoms with Crippen molar-refractivity contribution in [2.75, 3.05) is 13.7 Å². The highest BCUT2D eigenvalue weighted by Crippen LogP contribution is 2.42. The van der Waals surface area contributed by atoms with Gasteiger partial charge in [0.15, 0.2) is 0 Å². The van der Waals surface area contributed by atoms with Crippen LogP contribution >= 0.6 is 0 Å². The molecule has 0 aromatic heterocycles. The van der Waals surface area contributed by atoms with Crippen molar-refractivity contribution in [1.82, 2.24) is 9.80 Å². The number of methoxy groups -OCH3 is 1. The molecular weight excluding hydrogens is 532 g/mol. The van der Waals surface area contributed by atoms with Gasteiger partial charge < -0.3 is 29.2 Å². The van der Waals surface area contributed by atoms with Crippen molar-refractivity contribution in [2.24, 2.45) is 0 Å². The first kappa shape index (κ1) is 28.2. The van der Waals surface area contributed by atoms with Crippen LogP contribution in [0.25, 0.3) is 0 Å². The van der Waals surface area contributed by atoms with Gasteiger partial charge in [-0.15, -0.1) is 0 Å². The molecule has 11 nitrogen and oxygen atoms in total. The first-order valence-electron chi connectivity index (χ1n) is 13.0. The summed E-state index contributed by atoms with van der Waals surface area (Å²) < 4.78 is 22.1. The molecule has 2 aliphatic heterocycles. The number of ether oxygens (including phenoxy) is 4. The molecule has 3 aromatic rings. The molecule has 4 amide bonds. The third kappa shape index (κ3) is 5.52. The lowest BCUT2D eigenvalue weighted by Crippen LogP contribution is -2.60. The average molecular weight is 563 g/mol. The molecule has 3 aromatic carbocycles. The molecule has 11 heteroatoms. The Morgan fingerprint density at radius 2 is 1.49 bits per heavy atom. The van der Waals surface area contributed by atoms with Gasteiger partial charge in [-0.25, -0.2) is 9.59 Å². The van der Waals surface area contributed by atoms with Crippen molar-refractivity contribution in [1.29, 1.82) is 0 Å². The quantitative estimate of drug-likeness (QED) is 0.378. The van der Waals surface area contributed by atoms with Crippen LogP contribution in [0.3, 0.4) is 0 Å². The van der Waals surface area contributed by atoms with Crippen LogP contribution in [0.1, 0.15) is 16.7 Å². The van der Waals surface area contributed by atoms with Gasteiger partial charge in [-0.3, -0.25) is 9.69 Å². The number of rotatable bonds is 9. The largest absolute Gasteiger partial charge is 0.497 e. The number of imide groups is 2. The van der Waals surface area contributed by atoms with E-state index in [2.05, 4.69) is 0 Å². The molecule has 2 saturated heterocycles. The Bertz CT molecular complexity index is 1370. The lowest BCUT2D eigenvalue weighted by atomic mass is 10.0. The van der Waals surface area contributed by atoms with E-state index in [0.717, 1.165) is 10.5 Å². The zero-order valence-electron chi connectivity index (χ0n) is 22.3. The SMILES string of the molecule is COc1ccc(CN2C(=O)N(C(=O)OCc3ccccc3)[C@@]3(OC(COCc4ccccc4)[C@@H](O)[C@H]3O)C2=O)cc1. The van der Waals surface area contributed by atoms with Crippen LogP contribution < -0.4 is 4.74 Å². The smallest absolute Gasteiger partial charge is 0.421 e. The number of benzene rings is 3. The van der Waals surface area contributed by atoms with E-state index in [1.165, 1.54) is 7.11 Å². The first-order valence-corrected chi connectivity index (χ1v) is 13.0. The first-order chi connectivity index (χ1) is 19.8. The highest BCUT2D eigenvalue weighted by atomic mass is 16.6. The molecule has 2 N–H and O–H groups in total. The van der Waals surface area contributed by atoms with Crippen molar-refractivity contribution >= 4 is 18.0 Å². The van der Waals surface area contributed by atoms with E-state index >= 15 is 0 Å². The van der Waals surface area contributed by atoms with E-state index < -0.39 is 42.1 Å². The maximum Gasteiger partial charge on any atom is 0.421 e. The molecule has 2 fully saturated rings. The molecule has 4 atom stereocenters. The summed E-state index contributed by atoms with van der Waals surface area (Å²) in [6, 6.07) is 23.6. The van der Waals surface area contributed by atoms with Crippen LogP contribution in [-0.2, 0) is 38.8 Å². The van der Waals surface area contributed by atoms with Crippen LogP contribution in [-0.4, -0.2) is 75.8 Å². The number of urea groups is 1. The summed E-state index contributed by atoms with van der Waals surface area (Å²) in [5, 5.41) is 22.1. The third-order valence-corrected chi connectivity index (χ3v) is 7.02. The second-order valence-electron chi connectivity index (χ2n) is 9.69. The van der Waals surface area contributed by atoms with Crippen LogP contribution in [0.4, 0.5) is 9.59 Å². The summed E-state index contributed by atoms with van der Waals surface area (Å²) in [4.78, 5) is 42.1. The predicted octanol–water partition coefficient (Wildman–Crippen LogP) is 2.83. The number of carbonyl (C=O) groups excluding carboxylic acids is 3. The molecule has 0 radical (unpaired) electrons. The molecule has 2 heterocycles. The third-order valence-electron chi connectivity index (χ3n) is 7.02. The van der Waals surface area contributed by atoms with E-state index in [9.17, 15) is 24.6 Å². The fraction of sp³-hybridized carbons (Fsp3) is 0.300. The van der Waals surface area contributed by atoms with E-state index in [4.69, 9.17) is 18.9 Å². The Morgan fingerprint density at radius 1 is 0.878 bits per heavy atom. The Morgan fingerprint density at radius 3 is 2.10 bits per heavy atom. The monoisotopic (exact) mass is 562 g/mol.